The number of carbonyl (C=O) groups is 1. The fourth-order valence-corrected chi connectivity index (χ4v) is 6.12. The molecule has 1 amide bonds. The van der Waals surface area contributed by atoms with Crippen LogP contribution in [0, 0.1) is 0 Å². The van der Waals surface area contributed by atoms with E-state index < -0.39 is 12.1 Å². The van der Waals surface area contributed by atoms with Gasteiger partial charge in [0, 0.05) is 6.42 Å². The normalized spacial score (nSPS) is 14.0. The van der Waals surface area contributed by atoms with Crippen LogP contribution in [0.1, 0.15) is 187 Å². The molecule has 0 fully saturated rings. The molecule has 0 aromatic rings. The molecule has 0 radical (unpaired) electrons. The van der Waals surface area contributed by atoms with E-state index in [9.17, 15) is 15.0 Å². The largest absolute Gasteiger partial charge is 0.394 e. The molecule has 2 atom stereocenters. The number of hydrogen-bond donors (Lipinski definition) is 3. The zero-order chi connectivity index (χ0) is 40.0. The van der Waals surface area contributed by atoms with Crippen LogP contribution in [0.5, 0.6) is 0 Å². The van der Waals surface area contributed by atoms with Crippen molar-refractivity contribution in [3.05, 3.63) is 109 Å². The molecule has 0 aliphatic heterocycles. The topological polar surface area (TPSA) is 69.6 Å². The van der Waals surface area contributed by atoms with E-state index in [1.54, 1.807) is 0 Å². The molecule has 0 aromatic carbocycles. The van der Waals surface area contributed by atoms with Gasteiger partial charge < -0.3 is 15.5 Å². The van der Waals surface area contributed by atoms with Gasteiger partial charge in [0.15, 0.2) is 0 Å². The molecule has 0 saturated heterocycles. The average molecular weight is 760 g/mol. The van der Waals surface area contributed by atoms with Gasteiger partial charge >= 0.3 is 0 Å². The Hall–Kier alpha value is -2.95. The molecule has 0 rings (SSSR count). The first kappa shape index (κ1) is 52.0. The summed E-state index contributed by atoms with van der Waals surface area (Å²) in [7, 11) is 0. The lowest BCUT2D eigenvalue weighted by Crippen LogP contribution is -2.45. The highest BCUT2D eigenvalue weighted by molar-refractivity contribution is 5.76. The number of nitrogens with one attached hydrogen (secondary N) is 1. The third kappa shape index (κ3) is 42.0. The van der Waals surface area contributed by atoms with Crippen LogP contribution in [-0.4, -0.2) is 34.9 Å². The number of aliphatic hydroxyl groups is 2. The van der Waals surface area contributed by atoms with Crippen LogP contribution in [0.2, 0.25) is 0 Å². The molecule has 312 valence electrons. The molecule has 55 heavy (non-hydrogen) atoms. The summed E-state index contributed by atoms with van der Waals surface area (Å²) >= 11 is 0. The molecular weight excluding hydrogens is 675 g/mol. The fourth-order valence-electron chi connectivity index (χ4n) is 6.12. The van der Waals surface area contributed by atoms with Gasteiger partial charge in [0.1, 0.15) is 0 Å². The van der Waals surface area contributed by atoms with Crippen LogP contribution in [0.4, 0.5) is 0 Å². The van der Waals surface area contributed by atoms with Gasteiger partial charge in [-0.3, -0.25) is 4.79 Å². The standard InChI is InChI=1S/C51H85NO3/c1-3-5-7-9-11-13-15-17-19-20-21-22-23-24-25-26-27-28-29-30-31-32-33-35-37-39-41-43-45-47-51(55)52-49(48-53)50(54)46-44-42-40-38-36-34-18-16-14-12-10-8-6-4-2/h5,7,11,13,17,19,21-22,24-25,27-28,30-31,33,35,39,41,49-50,53-54H,3-4,6,8-10,12,14-16,18,20,23,26,29,32,34,36-38,40,42-48H2,1-2H3,(H,52,55)/b7-5-,13-11-,19-17-,22-21-,25-24-,28-27-,31-30-,35-33-,41-39-. The number of allylic oxidation sites excluding steroid dienone is 18. The second-order valence-electron chi connectivity index (χ2n) is 14.7. The van der Waals surface area contributed by atoms with Gasteiger partial charge in [-0.25, -0.2) is 0 Å². The number of carbonyl (C=O) groups excluding carboxylic acids is 1. The van der Waals surface area contributed by atoms with E-state index in [1.807, 2.05) is 0 Å². The van der Waals surface area contributed by atoms with Crippen LogP contribution in [0.25, 0.3) is 0 Å². The summed E-state index contributed by atoms with van der Waals surface area (Å²) in [6, 6.07) is -0.574. The smallest absolute Gasteiger partial charge is 0.220 e. The quantitative estimate of drug-likeness (QED) is 0.0432. The van der Waals surface area contributed by atoms with E-state index >= 15 is 0 Å². The van der Waals surface area contributed by atoms with Crippen molar-refractivity contribution in [1.82, 2.24) is 5.32 Å². The predicted molar refractivity (Wildman–Crippen MR) is 243 cm³/mol. The molecule has 0 aliphatic carbocycles. The molecule has 4 heteroatoms. The summed E-state index contributed by atoms with van der Waals surface area (Å²) in [5.74, 6) is -0.0943. The molecular formula is C51H85NO3. The highest BCUT2D eigenvalue weighted by Crippen LogP contribution is 2.14. The van der Waals surface area contributed by atoms with Crippen molar-refractivity contribution in [2.24, 2.45) is 0 Å². The molecule has 2 unspecified atom stereocenters. The molecule has 0 heterocycles. The van der Waals surface area contributed by atoms with E-state index in [4.69, 9.17) is 0 Å². The van der Waals surface area contributed by atoms with Crippen molar-refractivity contribution in [2.45, 2.75) is 199 Å². The van der Waals surface area contributed by atoms with Gasteiger partial charge in [0.2, 0.25) is 5.91 Å². The third-order valence-corrected chi connectivity index (χ3v) is 9.55. The van der Waals surface area contributed by atoms with Gasteiger partial charge in [-0.1, -0.05) is 213 Å². The monoisotopic (exact) mass is 760 g/mol. The van der Waals surface area contributed by atoms with E-state index in [2.05, 4.69) is 129 Å². The minimum atomic E-state index is -0.690. The lowest BCUT2D eigenvalue weighted by molar-refractivity contribution is -0.123. The molecule has 0 spiro atoms. The summed E-state index contributed by atoms with van der Waals surface area (Å²) in [5.41, 5.74) is 0. The Kier molecular flexibility index (Phi) is 43.0. The van der Waals surface area contributed by atoms with E-state index in [0.717, 1.165) is 83.5 Å². The SMILES string of the molecule is CC/C=C\C/C=C\C/C=C\C/C=C\C/C=C\C/C=C\C/C=C\C/C=C\C/C=C\CCCC(=O)NC(CO)C(O)CCCCCCCCCCCCCCCC. The summed E-state index contributed by atoms with van der Waals surface area (Å²) in [6.45, 7) is 4.20. The lowest BCUT2D eigenvalue weighted by Gasteiger charge is -2.22. The van der Waals surface area contributed by atoms with E-state index in [0.29, 0.717) is 12.8 Å². The number of hydrogen-bond acceptors (Lipinski definition) is 3. The number of unbranched alkanes of at least 4 members (excludes halogenated alkanes) is 14. The fraction of sp³-hybridized carbons (Fsp3) is 0.627. The maximum Gasteiger partial charge on any atom is 0.220 e. The van der Waals surface area contributed by atoms with Crippen LogP contribution in [0.3, 0.4) is 0 Å². The second-order valence-corrected chi connectivity index (χ2v) is 14.7. The van der Waals surface area contributed by atoms with Crippen molar-refractivity contribution < 1.29 is 15.0 Å². The first-order valence-electron chi connectivity index (χ1n) is 22.6. The molecule has 0 bridgehead atoms. The zero-order valence-electron chi connectivity index (χ0n) is 35.6. The summed E-state index contributed by atoms with van der Waals surface area (Å²) in [4.78, 5) is 12.4. The summed E-state index contributed by atoms with van der Waals surface area (Å²) in [5, 5.41) is 23.1. The number of aliphatic hydroxyl groups excluding tert-OH is 2. The first-order valence-corrected chi connectivity index (χ1v) is 22.6. The second kappa shape index (κ2) is 45.4. The van der Waals surface area contributed by atoms with Crippen LogP contribution in [0.15, 0.2) is 109 Å². The Labute approximate surface area is 340 Å². The Morgan fingerprint density at radius 3 is 1.13 bits per heavy atom. The highest BCUT2D eigenvalue weighted by atomic mass is 16.3. The Morgan fingerprint density at radius 1 is 0.455 bits per heavy atom. The maximum absolute atomic E-state index is 12.4. The lowest BCUT2D eigenvalue weighted by atomic mass is 10.0. The molecule has 4 nitrogen and oxygen atoms in total. The Bertz CT molecular complexity index is 1090. The zero-order valence-corrected chi connectivity index (χ0v) is 35.6. The molecule has 0 aromatic heterocycles. The van der Waals surface area contributed by atoms with Crippen molar-refractivity contribution in [2.75, 3.05) is 6.61 Å². The number of amides is 1. The van der Waals surface area contributed by atoms with Gasteiger partial charge in [-0.05, 0) is 77.0 Å². The summed E-state index contributed by atoms with van der Waals surface area (Å²) in [6.07, 6.45) is 68.8. The van der Waals surface area contributed by atoms with Gasteiger partial charge in [0.25, 0.3) is 0 Å². The minimum Gasteiger partial charge on any atom is -0.394 e. The van der Waals surface area contributed by atoms with Crippen LogP contribution < -0.4 is 5.32 Å². The van der Waals surface area contributed by atoms with Crippen molar-refractivity contribution >= 4 is 5.91 Å². The van der Waals surface area contributed by atoms with E-state index in [-0.39, 0.29) is 12.5 Å². The molecule has 3 N–H and O–H groups in total. The number of rotatable bonds is 39. The van der Waals surface area contributed by atoms with Crippen molar-refractivity contribution in [3.63, 3.8) is 0 Å². The average Bonchev–Trinajstić information content (AvgIpc) is 3.19. The Balaban J connectivity index is 3.74. The third-order valence-electron chi connectivity index (χ3n) is 9.55. The molecule has 0 aliphatic rings. The van der Waals surface area contributed by atoms with Crippen molar-refractivity contribution in [1.29, 1.82) is 0 Å². The predicted octanol–water partition coefficient (Wildman–Crippen LogP) is 14.4. The van der Waals surface area contributed by atoms with Crippen LogP contribution >= 0.6 is 0 Å². The summed E-state index contributed by atoms with van der Waals surface area (Å²) < 4.78 is 0. The highest BCUT2D eigenvalue weighted by Gasteiger charge is 2.19. The first-order chi connectivity index (χ1) is 27.2. The van der Waals surface area contributed by atoms with Gasteiger partial charge in [-0.2, -0.15) is 0 Å². The minimum absolute atomic E-state index is 0.0943. The maximum atomic E-state index is 12.4. The van der Waals surface area contributed by atoms with Crippen molar-refractivity contribution in [3.8, 4) is 0 Å². The van der Waals surface area contributed by atoms with Gasteiger partial charge in [0.05, 0.1) is 18.8 Å². The van der Waals surface area contributed by atoms with Gasteiger partial charge in [-0.15, -0.1) is 0 Å². The molecule has 0 saturated carbocycles. The Morgan fingerprint density at radius 2 is 0.782 bits per heavy atom. The van der Waals surface area contributed by atoms with E-state index in [1.165, 1.54) is 77.0 Å². The van der Waals surface area contributed by atoms with Crippen LogP contribution in [-0.2, 0) is 4.79 Å².